The van der Waals surface area contributed by atoms with Gasteiger partial charge in [-0.25, -0.2) is 0 Å². The Labute approximate surface area is 132 Å². The third-order valence-corrected chi connectivity index (χ3v) is 4.83. The molecule has 0 amide bonds. The minimum absolute atomic E-state index is 0.112. The number of hydrogen-bond donors (Lipinski definition) is 2. The average Bonchev–Trinajstić information content (AvgIpc) is 2.40. The summed E-state index contributed by atoms with van der Waals surface area (Å²) < 4.78 is 0.599. The molecule has 1 saturated carbocycles. The number of nitro groups is 1. The van der Waals surface area contributed by atoms with Crippen molar-refractivity contribution in [3.63, 3.8) is 0 Å². The van der Waals surface area contributed by atoms with Gasteiger partial charge < -0.3 is 10.4 Å². The molecule has 1 aliphatic rings. The summed E-state index contributed by atoms with van der Waals surface area (Å²) in [6.07, 6.45) is 3.72. The largest absolute Gasteiger partial charge is 0.388 e. The fraction of sp³-hybridized carbons (Fsp3) is 0.571. The minimum Gasteiger partial charge on any atom is -0.388 e. The molecule has 6 heteroatoms. The van der Waals surface area contributed by atoms with E-state index in [0.717, 1.165) is 31.4 Å². The van der Waals surface area contributed by atoms with Crippen LogP contribution in [0.25, 0.3) is 0 Å². The molecule has 1 aliphatic carbocycles. The van der Waals surface area contributed by atoms with E-state index in [1.807, 2.05) is 22.6 Å². The van der Waals surface area contributed by atoms with Crippen LogP contribution in [-0.4, -0.2) is 22.2 Å². The van der Waals surface area contributed by atoms with Crippen LogP contribution in [0.4, 0.5) is 11.4 Å². The fourth-order valence-electron chi connectivity index (χ4n) is 2.51. The molecule has 0 aliphatic heterocycles. The van der Waals surface area contributed by atoms with Crippen molar-refractivity contribution in [2.45, 2.75) is 38.2 Å². The number of hydrogen-bond acceptors (Lipinski definition) is 4. The predicted octanol–water partition coefficient (Wildman–Crippen LogP) is 3.55. The molecule has 0 heterocycles. The van der Waals surface area contributed by atoms with Crippen LogP contribution in [0.15, 0.2) is 18.2 Å². The summed E-state index contributed by atoms with van der Waals surface area (Å²) in [4.78, 5) is 10.4. The minimum atomic E-state index is -0.653. The Hall–Kier alpha value is -0.890. The molecule has 1 aromatic rings. The summed E-state index contributed by atoms with van der Waals surface area (Å²) in [5, 5.41) is 24.4. The summed E-state index contributed by atoms with van der Waals surface area (Å²) in [6.45, 7) is 2.71. The second-order valence-corrected chi connectivity index (χ2v) is 6.85. The first-order valence-electron chi connectivity index (χ1n) is 6.80. The molecular formula is C14H19IN2O3. The van der Waals surface area contributed by atoms with Crippen LogP contribution in [0.3, 0.4) is 0 Å². The van der Waals surface area contributed by atoms with Gasteiger partial charge in [0.2, 0.25) is 0 Å². The monoisotopic (exact) mass is 390 g/mol. The Balaban J connectivity index is 1.97. The molecule has 2 N–H and O–H groups in total. The standard InChI is InChI=1S/C14H19IN2O3/c1-10-4-6-14(18,7-5-10)9-16-11-2-3-13(17(19)20)12(15)8-11/h2-3,8,10,16,18H,4-7,9H2,1H3. The van der Waals surface area contributed by atoms with Crippen LogP contribution in [0.2, 0.25) is 0 Å². The first-order valence-corrected chi connectivity index (χ1v) is 7.88. The number of rotatable bonds is 4. The number of nitrogens with zero attached hydrogens (tertiary/aromatic N) is 1. The number of halogens is 1. The molecule has 2 rings (SSSR count). The highest BCUT2D eigenvalue weighted by molar-refractivity contribution is 14.1. The summed E-state index contributed by atoms with van der Waals surface area (Å²) in [7, 11) is 0. The maximum Gasteiger partial charge on any atom is 0.282 e. The quantitative estimate of drug-likeness (QED) is 0.469. The molecule has 1 fully saturated rings. The lowest BCUT2D eigenvalue weighted by Crippen LogP contribution is -2.40. The molecule has 0 radical (unpaired) electrons. The lowest BCUT2D eigenvalue weighted by atomic mass is 9.79. The first kappa shape index (κ1) is 15.5. The van der Waals surface area contributed by atoms with Gasteiger partial charge in [0.15, 0.2) is 0 Å². The highest BCUT2D eigenvalue weighted by Gasteiger charge is 2.31. The highest BCUT2D eigenvalue weighted by atomic mass is 127. The summed E-state index contributed by atoms with van der Waals surface area (Å²) in [5.41, 5.74) is 0.271. The lowest BCUT2D eigenvalue weighted by molar-refractivity contribution is -0.385. The van der Waals surface area contributed by atoms with Gasteiger partial charge in [-0.2, -0.15) is 0 Å². The van der Waals surface area contributed by atoms with Gasteiger partial charge in [-0.15, -0.1) is 0 Å². The van der Waals surface area contributed by atoms with Crippen LogP contribution in [0.1, 0.15) is 32.6 Å². The molecule has 0 saturated heterocycles. The van der Waals surface area contributed by atoms with E-state index in [4.69, 9.17) is 0 Å². The molecule has 0 aromatic heterocycles. The number of anilines is 1. The number of nitrogens with one attached hydrogen (secondary N) is 1. The zero-order chi connectivity index (χ0) is 14.8. The third kappa shape index (κ3) is 3.82. The third-order valence-electron chi connectivity index (χ3n) is 3.97. The summed E-state index contributed by atoms with van der Waals surface area (Å²) in [6, 6.07) is 4.93. The van der Waals surface area contributed by atoms with Crippen LogP contribution in [0, 0.1) is 19.6 Å². The second-order valence-electron chi connectivity index (χ2n) is 5.68. The number of nitro benzene ring substituents is 1. The van der Waals surface area contributed by atoms with Crippen molar-refractivity contribution < 1.29 is 10.0 Å². The predicted molar refractivity (Wildman–Crippen MR) is 86.9 cm³/mol. The number of benzene rings is 1. The maximum atomic E-state index is 10.8. The topological polar surface area (TPSA) is 75.4 Å². The molecule has 20 heavy (non-hydrogen) atoms. The maximum absolute atomic E-state index is 10.8. The molecule has 0 spiro atoms. The van der Waals surface area contributed by atoms with E-state index in [1.54, 1.807) is 12.1 Å². The summed E-state index contributed by atoms with van der Waals surface area (Å²) in [5.74, 6) is 0.690. The highest BCUT2D eigenvalue weighted by Crippen LogP contribution is 2.32. The Kier molecular flexibility index (Phi) is 4.85. The van der Waals surface area contributed by atoms with E-state index in [1.165, 1.54) is 6.07 Å². The molecular weight excluding hydrogens is 371 g/mol. The van der Waals surface area contributed by atoms with Crippen molar-refractivity contribution in [2.75, 3.05) is 11.9 Å². The average molecular weight is 390 g/mol. The molecule has 0 unspecified atom stereocenters. The fourth-order valence-corrected chi connectivity index (χ4v) is 3.22. The Bertz CT molecular complexity index is 499. The normalized spacial score (nSPS) is 26.2. The Morgan fingerprint density at radius 3 is 2.70 bits per heavy atom. The van der Waals surface area contributed by atoms with E-state index in [2.05, 4.69) is 12.2 Å². The zero-order valence-corrected chi connectivity index (χ0v) is 13.6. The van der Waals surface area contributed by atoms with Crippen molar-refractivity contribution in [3.05, 3.63) is 31.9 Å². The van der Waals surface area contributed by atoms with Gasteiger partial charge in [-0.05, 0) is 66.3 Å². The Morgan fingerprint density at radius 1 is 1.50 bits per heavy atom. The van der Waals surface area contributed by atoms with Crippen molar-refractivity contribution in [3.8, 4) is 0 Å². The van der Waals surface area contributed by atoms with Gasteiger partial charge in [0.25, 0.3) is 5.69 Å². The van der Waals surface area contributed by atoms with Crippen molar-refractivity contribution in [1.29, 1.82) is 0 Å². The van der Waals surface area contributed by atoms with Gasteiger partial charge in [0.05, 0.1) is 14.1 Å². The smallest absolute Gasteiger partial charge is 0.282 e. The van der Waals surface area contributed by atoms with Gasteiger partial charge in [-0.1, -0.05) is 6.92 Å². The van der Waals surface area contributed by atoms with Gasteiger partial charge in [0, 0.05) is 18.3 Å². The summed E-state index contributed by atoms with van der Waals surface area (Å²) >= 11 is 1.96. The van der Waals surface area contributed by atoms with Crippen molar-refractivity contribution >= 4 is 34.0 Å². The molecule has 5 nitrogen and oxygen atoms in total. The van der Waals surface area contributed by atoms with Crippen molar-refractivity contribution in [1.82, 2.24) is 0 Å². The van der Waals surface area contributed by atoms with Crippen LogP contribution in [-0.2, 0) is 0 Å². The SMILES string of the molecule is CC1CCC(O)(CNc2ccc([N+](=O)[O-])c(I)c2)CC1. The van der Waals surface area contributed by atoms with Crippen LogP contribution < -0.4 is 5.32 Å². The Morgan fingerprint density at radius 2 is 2.15 bits per heavy atom. The van der Waals surface area contributed by atoms with E-state index in [9.17, 15) is 15.2 Å². The van der Waals surface area contributed by atoms with E-state index in [0.29, 0.717) is 16.0 Å². The zero-order valence-electron chi connectivity index (χ0n) is 11.4. The first-order chi connectivity index (χ1) is 9.39. The van der Waals surface area contributed by atoms with Gasteiger partial charge >= 0.3 is 0 Å². The number of aliphatic hydroxyl groups is 1. The van der Waals surface area contributed by atoms with Gasteiger partial charge in [-0.3, -0.25) is 10.1 Å². The second kappa shape index (κ2) is 6.26. The van der Waals surface area contributed by atoms with E-state index < -0.39 is 5.60 Å². The molecule has 0 atom stereocenters. The van der Waals surface area contributed by atoms with Crippen molar-refractivity contribution in [2.24, 2.45) is 5.92 Å². The lowest BCUT2D eigenvalue weighted by Gasteiger charge is -2.35. The van der Waals surface area contributed by atoms with Gasteiger partial charge in [0.1, 0.15) is 0 Å². The molecule has 110 valence electrons. The molecule has 1 aromatic carbocycles. The van der Waals surface area contributed by atoms with E-state index in [-0.39, 0.29) is 10.6 Å². The van der Waals surface area contributed by atoms with Crippen LogP contribution in [0.5, 0.6) is 0 Å². The van der Waals surface area contributed by atoms with E-state index >= 15 is 0 Å². The molecule has 0 bridgehead atoms. The van der Waals surface area contributed by atoms with Crippen LogP contribution >= 0.6 is 22.6 Å².